The Bertz CT molecular complexity index is 348. The van der Waals surface area contributed by atoms with Crippen LogP contribution in [0, 0.1) is 0 Å². The summed E-state index contributed by atoms with van der Waals surface area (Å²) in [5.41, 5.74) is 0.00793. The van der Waals surface area contributed by atoms with E-state index in [0.29, 0.717) is 0 Å². The molecule has 0 fully saturated rings. The Morgan fingerprint density at radius 1 is 1.23 bits per heavy atom. The zero-order chi connectivity index (χ0) is 9.84. The van der Waals surface area contributed by atoms with Gasteiger partial charge in [0.15, 0.2) is 23.0 Å². The molecule has 1 aromatic rings. The lowest BCUT2D eigenvalue weighted by Crippen LogP contribution is -2.07. The summed E-state index contributed by atoms with van der Waals surface area (Å²) >= 11 is 1.41. The van der Waals surface area contributed by atoms with Crippen LogP contribution in [0.15, 0.2) is 24.3 Å². The van der Waals surface area contributed by atoms with Crippen molar-refractivity contribution in [1.82, 2.24) is 0 Å². The number of hydrogen-bond acceptors (Lipinski definition) is 3. The van der Waals surface area contributed by atoms with Gasteiger partial charge in [-0.25, -0.2) is 9.59 Å². The summed E-state index contributed by atoms with van der Waals surface area (Å²) in [7, 11) is 0. The third-order valence-corrected chi connectivity index (χ3v) is 1.85. The zero-order valence-electron chi connectivity index (χ0n) is 6.36. The Morgan fingerprint density at radius 2 is 1.77 bits per heavy atom. The molecule has 4 nitrogen and oxygen atoms in total. The summed E-state index contributed by atoms with van der Waals surface area (Å²) < 4.78 is 4.39. The fourth-order valence-electron chi connectivity index (χ4n) is 0.889. The molecule has 1 rings (SSSR count). The van der Waals surface area contributed by atoms with Crippen LogP contribution < -0.4 is 0 Å². The molecule has 0 aromatic heterocycles. The molecule has 13 heavy (non-hydrogen) atoms. The van der Waals surface area contributed by atoms with Crippen LogP contribution in [-0.2, 0) is 3.07 Å². The summed E-state index contributed by atoms with van der Waals surface area (Å²) in [5, 5.41) is 8.70. The summed E-state index contributed by atoms with van der Waals surface area (Å²) in [5.74, 6) is -1.80. The Hall–Kier alpha value is -1.11. The summed E-state index contributed by atoms with van der Waals surface area (Å²) in [6.45, 7) is 0. The molecule has 68 valence electrons. The van der Waals surface area contributed by atoms with E-state index in [0.717, 1.165) is 0 Å². The van der Waals surface area contributed by atoms with Crippen LogP contribution in [-0.4, -0.2) is 17.0 Å². The van der Waals surface area contributed by atoms with Crippen molar-refractivity contribution in [2.24, 2.45) is 0 Å². The van der Waals surface area contributed by atoms with Gasteiger partial charge in [-0.2, -0.15) is 0 Å². The van der Waals surface area contributed by atoms with Crippen molar-refractivity contribution in [3.05, 3.63) is 35.4 Å². The normalized spacial score (nSPS) is 9.31. The highest BCUT2D eigenvalue weighted by molar-refractivity contribution is 14.1. The van der Waals surface area contributed by atoms with Gasteiger partial charge in [-0.15, -0.1) is 0 Å². The lowest BCUT2D eigenvalue weighted by Gasteiger charge is -2.00. The molecule has 0 unspecified atom stereocenters. The second-order valence-corrected chi connectivity index (χ2v) is 2.66. The fourth-order valence-corrected chi connectivity index (χ4v) is 1.13. The largest absolute Gasteiger partial charge is 0.478 e. The zero-order valence-corrected chi connectivity index (χ0v) is 8.52. The smallest absolute Gasteiger partial charge is 0.348 e. The highest BCUT2D eigenvalue weighted by Gasteiger charge is 2.15. The first-order chi connectivity index (χ1) is 6.16. The van der Waals surface area contributed by atoms with Gasteiger partial charge < -0.3 is 8.17 Å². The Kier molecular flexibility index (Phi) is 3.24. The molecule has 0 atom stereocenters. The first-order valence-corrected chi connectivity index (χ1v) is 4.20. The molecule has 0 spiro atoms. The van der Waals surface area contributed by atoms with Crippen LogP contribution in [0.1, 0.15) is 20.7 Å². The van der Waals surface area contributed by atoms with Crippen LogP contribution in [0.5, 0.6) is 0 Å². The first-order valence-electron chi connectivity index (χ1n) is 3.32. The van der Waals surface area contributed by atoms with Gasteiger partial charge in [0.05, 0.1) is 11.1 Å². The Balaban J connectivity index is 3.19. The van der Waals surface area contributed by atoms with E-state index >= 15 is 0 Å². The van der Waals surface area contributed by atoms with Gasteiger partial charge >= 0.3 is 11.9 Å². The summed E-state index contributed by atoms with van der Waals surface area (Å²) in [6.07, 6.45) is 0. The van der Waals surface area contributed by atoms with E-state index in [4.69, 9.17) is 5.11 Å². The number of carbonyl (C=O) groups excluding carboxylic acids is 1. The second-order valence-electron chi connectivity index (χ2n) is 2.22. The standard InChI is InChI=1S/C8H5IO4/c9-13-8(12)6-4-2-1-3-5(6)7(10)11/h1-4H,(H,10,11). The maximum atomic E-state index is 11.0. The predicted molar refractivity (Wildman–Crippen MR) is 52.8 cm³/mol. The summed E-state index contributed by atoms with van der Waals surface area (Å²) in [6, 6.07) is 5.89. The van der Waals surface area contributed by atoms with Crippen molar-refractivity contribution in [1.29, 1.82) is 0 Å². The lowest BCUT2D eigenvalue weighted by molar-refractivity contribution is 0.0681. The number of carbonyl (C=O) groups is 2. The first kappa shape index (κ1) is 9.97. The monoisotopic (exact) mass is 292 g/mol. The topological polar surface area (TPSA) is 63.6 Å². The number of benzene rings is 1. The van der Waals surface area contributed by atoms with E-state index in [1.54, 1.807) is 12.1 Å². The molecule has 0 aliphatic carbocycles. The maximum absolute atomic E-state index is 11.0. The van der Waals surface area contributed by atoms with Gasteiger partial charge in [0.25, 0.3) is 0 Å². The molecule has 5 heteroatoms. The molecule has 1 N–H and O–H groups in total. The molecule has 0 bridgehead atoms. The van der Waals surface area contributed by atoms with E-state index in [1.807, 2.05) is 0 Å². The molecule has 0 aliphatic rings. The highest BCUT2D eigenvalue weighted by atomic mass is 127. The van der Waals surface area contributed by atoms with Crippen LogP contribution in [0.4, 0.5) is 0 Å². The minimum Gasteiger partial charge on any atom is -0.478 e. The van der Waals surface area contributed by atoms with Crippen molar-refractivity contribution in [3.63, 3.8) is 0 Å². The van der Waals surface area contributed by atoms with Gasteiger partial charge in [0.2, 0.25) is 0 Å². The van der Waals surface area contributed by atoms with E-state index in [1.165, 1.54) is 35.1 Å². The van der Waals surface area contributed by atoms with Gasteiger partial charge in [-0.05, 0) is 12.1 Å². The maximum Gasteiger partial charge on any atom is 0.348 e. The van der Waals surface area contributed by atoms with Crippen LogP contribution in [0.3, 0.4) is 0 Å². The number of carboxylic acids is 1. The average Bonchev–Trinajstić information content (AvgIpc) is 2.16. The third-order valence-electron chi connectivity index (χ3n) is 1.45. The second kappa shape index (κ2) is 4.22. The van der Waals surface area contributed by atoms with Crippen molar-refractivity contribution < 1.29 is 17.8 Å². The van der Waals surface area contributed by atoms with Crippen LogP contribution in [0.2, 0.25) is 0 Å². The van der Waals surface area contributed by atoms with E-state index in [-0.39, 0.29) is 11.1 Å². The predicted octanol–water partition coefficient (Wildman–Crippen LogP) is 1.89. The number of halogens is 1. The van der Waals surface area contributed by atoms with Crippen molar-refractivity contribution in [2.75, 3.05) is 0 Å². The van der Waals surface area contributed by atoms with E-state index in [2.05, 4.69) is 3.07 Å². The van der Waals surface area contributed by atoms with Gasteiger partial charge in [0, 0.05) is 0 Å². The highest BCUT2D eigenvalue weighted by Crippen LogP contribution is 2.11. The van der Waals surface area contributed by atoms with Crippen LogP contribution >= 0.6 is 23.0 Å². The molecule has 0 radical (unpaired) electrons. The van der Waals surface area contributed by atoms with E-state index < -0.39 is 11.9 Å². The fraction of sp³-hybridized carbons (Fsp3) is 0. The quantitative estimate of drug-likeness (QED) is 0.845. The number of aromatic carboxylic acids is 1. The van der Waals surface area contributed by atoms with Gasteiger partial charge in [-0.3, -0.25) is 0 Å². The number of rotatable bonds is 2. The van der Waals surface area contributed by atoms with Crippen molar-refractivity contribution >= 4 is 34.9 Å². The molecule has 0 heterocycles. The molecule has 1 aromatic carbocycles. The molecule has 0 saturated heterocycles. The van der Waals surface area contributed by atoms with Crippen molar-refractivity contribution in [2.45, 2.75) is 0 Å². The Labute approximate surface area is 88.2 Å². The average molecular weight is 292 g/mol. The molecule has 0 aliphatic heterocycles. The Morgan fingerprint density at radius 3 is 2.23 bits per heavy atom. The van der Waals surface area contributed by atoms with Gasteiger partial charge in [-0.1, -0.05) is 12.1 Å². The van der Waals surface area contributed by atoms with Crippen LogP contribution in [0.25, 0.3) is 0 Å². The lowest BCUT2D eigenvalue weighted by atomic mass is 10.1. The number of hydrogen-bond donors (Lipinski definition) is 1. The third kappa shape index (κ3) is 2.18. The molecule has 0 saturated carbocycles. The number of carboxylic acid groups (broad SMARTS) is 1. The molecule has 0 amide bonds. The van der Waals surface area contributed by atoms with Crippen molar-refractivity contribution in [3.8, 4) is 0 Å². The molecular formula is C8H5IO4. The summed E-state index contributed by atoms with van der Waals surface area (Å²) in [4.78, 5) is 21.7. The molecular weight excluding hydrogens is 287 g/mol. The van der Waals surface area contributed by atoms with Gasteiger partial charge in [0.1, 0.15) is 0 Å². The minimum absolute atomic E-state index is 0.0517. The minimum atomic E-state index is -1.14. The SMILES string of the molecule is O=C(O)c1ccccc1C(=O)OI. The van der Waals surface area contributed by atoms with E-state index in [9.17, 15) is 9.59 Å².